The third-order valence-corrected chi connectivity index (χ3v) is 11.0. The summed E-state index contributed by atoms with van der Waals surface area (Å²) in [5, 5.41) is 3.33. The molecule has 8 fully saturated rings. The van der Waals surface area contributed by atoms with E-state index >= 15 is 0 Å². The fraction of sp³-hybridized carbons (Fsp3) is 0.893. The number of rotatable bonds is 3. The van der Waals surface area contributed by atoms with Gasteiger partial charge in [0, 0.05) is 17.9 Å². The maximum atomic E-state index is 13.5. The Morgan fingerprint density at radius 3 is 2.19 bits per heavy atom. The maximum absolute atomic E-state index is 13.5. The minimum Gasteiger partial charge on any atom is -0.462 e. The summed E-state index contributed by atoms with van der Waals surface area (Å²) in [5.41, 5.74) is -0.769. The Hall–Kier alpha value is -1.87. The van der Waals surface area contributed by atoms with Gasteiger partial charge in [-0.3, -0.25) is 9.59 Å². The number of nitrogens with one attached hydrogen (secondary N) is 1. The van der Waals surface area contributed by atoms with Gasteiger partial charge < -0.3 is 29.2 Å². The van der Waals surface area contributed by atoms with E-state index in [2.05, 4.69) is 5.32 Å². The van der Waals surface area contributed by atoms with Gasteiger partial charge in [0.15, 0.2) is 0 Å². The lowest BCUT2D eigenvalue weighted by Gasteiger charge is -2.56. The molecule has 3 aliphatic heterocycles. The molecular formula is C28H40N2O7. The Kier molecular flexibility index (Phi) is 5.28. The zero-order chi connectivity index (χ0) is 25.9. The number of hydrogen-bond donors (Lipinski definition) is 1. The molecule has 3 saturated heterocycles. The van der Waals surface area contributed by atoms with Gasteiger partial charge >= 0.3 is 18.0 Å². The number of esters is 2. The molecule has 204 valence electrons. The van der Waals surface area contributed by atoms with Crippen molar-refractivity contribution in [1.29, 1.82) is 0 Å². The molecule has 8 rings (SSSR count). The first-order valence-electron chi connectivity index (χ1n) is 14.3. The van der Waals surface area contributed by atoms with Gasteiger partial charge in [0.1, 0.15) is 24.4 Å². The highest BCUT2D eigenvalue weighted by Gasteiger charge is 2.67. The topological polar surface area (TPSA) is 107 Å². The van der Waals surface area contributed by atoms with Crippen molar-refractivity contribution in [3.63, 3.8) is 0 Å². The van der Waals surface area contributed by atoms with Crippen LogP contribution in [0.4, 0.5) is 4.79 Å². The van der Waals surface area contributed by atoms with Crippen LogP contribution >= 0.6 is 0 Å². The molecule has 6 bridgehead atoms. The lowest BCUT2D eigenvalue weighted by Crippen LogP contribution is -2.61. The number of epoxide rings is 1. The van der Waals surface area contributed by atoms with Gasteiger partial charge in [-0.15, -0.1) is 0 Å². The van der Waals surface area contributed by atoms with Crippen LogP contribution in [0.5, 0.6) is 0 Å². The molecule has 0 radical (unpaired) electrons. The summed E-state index contributed by atoms with van der Waals surface area (Å²) in [5.74, 6) is 0.570. The van der Waals surface area contributed by atoms with Crippen molar-refractivity contribution in [2.24, 2.45) is 35.5 Å². The van der Waals surface area contributed by atoms with Crippen LogP contribution in [0.15, 0.2) is 0 Å². The number of carbonyl (C=O) groups excluding carboxylic acids is 3. The van der Waals surface area contributed by atoms with Gasteiger partial charge in [-0.05, 0) is 83.7 Å². The fourth-order valence-corrected chi connectivity index (χ4v) is 9.76. The second-order valence-electron chi connectivity index (χ2n) is 13.9. The Morgan fingerprint density at radius 2 is 1.57 bits per heavy atom. The molecule has 8 aliphatic rings. The minimum atomic E-state index is -0.642. The predicted molar refractivity (Wildman–Crippen MR) is 130 cm³/mol. The molecule has 3 heterocycles. The van der Waals surface area contributed by atoms with Gasteiger partial charge in [-0.2, -0.15) is 0 Å². The average molecular weight is 517 g/mol. The largest absolute Gasteiger partial charge is 0.462 e. The first-order valence-corrected chi connectivity index (χ1v) is 14.3. The van der Waals surface area contributed by atoms with Crippen molar-refractivity contribution < 1.29 is 33.3 Å². The van der Waals surface area contributed by atoms with E-state index in [0.29, 0.717) is 30.6 Å². The first-order chi connectivity index (χ1) is 17.5. The number of ether oxygens (including phenoxy) is 4. The third-order valence-electron chi connectivity index (χ3n) is 11.0. The van der Waals surface area contributed by atoms with Crippen molar-refractivity contribution in [1.82, 2.24) is 10.2 Å². The number of carbonyl (C=O) groups is 3. The summed E-state index contributed by atoms with van der Waals surface area (Å²) in [7, 11) is 3.83. The maximum Gasteiger partial charge on any atom is 0.407 e. The molecular weight excluding hydrogens is 476 g/mol. The number of amides is 1. The Morgan fingerprint density at radius 1 is 0.946 bits per heavy atom. The second kappa shape index (κ2) is 8.07. The van der Waals surface area contributed by atoms with Crippen LogP contribution in [0, 0.1) is 35.5 Å². The number of fused-ring (bicyclic) bond motifs is 5. The summed E-state index contributed by atoms with van der Waals surface area (Å²) in [6.45, 7) is 3.86. The highest BCUT2D eigenvalue weighted by Crippen LogP contribution is 2.56. The van der Waals surface area contributed by atoms with Gasteiger partial charge in [0.25, 0.3) is 0 Å². The number of likely N-dealkylation sites (N-methyl/N-ethyl adjacent to an activating group) is 1. The Labute approximate surface area is 218 Å². The fourth-order valence-electron chi connectivity index (χ4n) is 9.76. The van der Waals surface area contributed by atoms with Gasteiger partial charge in [-0.1, -0.05) is 6.92 Å². The smallest absolute Gasteiger partial charge is 0.407 e. The molecule has 1 amide bonds. The Bertz CT molecular complexity index is 979. The normalized spacial score (nSPS) is 53.3. The summed E-state index contributed by atoms with van der Waals surface area (Å²) in [4.78, 5) is 41.3. The standard InChI is InChI=1S/C28H40N2O7/c1-13-20-18-8-17(25(32)34-18)21(30(3)4)22(23-27(2,37-23)12-19(20)35-24(13)31)36-26(33)29-28-9-14-5-15(10-28)7-16(6-14)11-28/h13-23H,5-12H2,1-4H3,(H,29,33). The van der Waals surface area contributed by atoms with E-state index in [4.69, 9.17) is 18.9 Å². The summed E-state index contributed by atoms with van der Waals surface area (Å²) < 4.78 is 24.2. The Balaban J connectivity index is 1.16. The van der Waals surface area contributed by atoms with Crippen molar-refractivity contribution >= 4 is 18.0 Å². The van der Waals surface area contributed by atoms with Gasteiger partial charge in [0.05, 0.1) is 23.5 Å². The van der Waals surface area contributed by atoms with Crippen molar-refractivity contribution in [3.8, 4) is 0 Å². The summed E-state index contributed by atoms with van der Waals surface area (Å²) >= 11 is 0. The van der Waals surface area contributed by atoms with Gasteiger partial charge in [-0.25, -0.2) is 4.79 Å². The quantitative estimate of drug-likeness (QED) is 0.347. The van der Waals surface area contributed by atoms with Crippen LogP contribution in [0.3, 0.4) is 0 Å². The van der Waals surface area contributed by atoms with Crippen molar-refractivity contribution in [3.05, 3.63) is 0 Å². The third kappa shape index (κ3) is 3.81. The molecule has 9 unspecified atom stereocenters. The molecule has 5 saturated carbocycles. The first kappa shape index (κ1) is 24.2. The lowest BCUT2D eigenvalue weighted by molar-refractivity contribution is -0.149. The zero-order valence-corrected chi connectivity index (χ0v) is 22.3. The van der Waals surface area contributed by atoms with E-state index in [1.165, 1.54) is 19.3 Å². The average Bonchev–Trinajstić information content (AvgIpc) is 3.18. The van der Waals surface area contributed by atoms with Crippen LogP contribution in [-0.4, -0.2) is 78.6 Å². The molecule has 37 heavy (non-hydrogen) atoms. The summed E-state index contributed by atoms with van der Waals surface area (Å²) in [6, 6.07) is -0.392. The van der Waals surface area contributed by atoms with Crippen molar-refractivity contribution in [2.45, 2.75) is 107 Å². The molecule has 0 aromatic heterocycles. The lowest BCUT2D eigenvalue weighted by atomic mass is 9.53. The monoisotopic (exact) mass is 516 g/mol. The highest BCUT2D eigenvalue weighted by atomic mass is 16.7. The van der Waals surface area contributed by atoms with E-state index in [1.807, 2.05) is 32.8 Å². The molecule has 9 atom stereocenters. The number of nitrogens with zero attached hydrogens (tertiary/aromatic N) is 1. The SMILES string of the molecule is CC1C(=O)OC2CC3(C)OC3C(OC(=O)NC34CC5CC(CC(C5)C3)C4)C(N(C)C)C3CC(OC3=O)C21. The van der Waals surface area contributed by atoms with Crippen LogP contribution in [-0.2, 0) is 28.5 Å². The van der Waals surface area contributed by atoms with E-state index in [-0.39, 0.29) is 41.5 Å². The minimum absolute atomic E-state index is 0.165. The number of alkyl carbamates (subject to hydrolysis) is 1. The molecule has 0 spiro atoms. The van der Waals surface area contributed by atoms with Crippen LogP contribution in [0.25, 0.3) is 0 Å². The molecule has 0 aromatic carbocycles. The van der Waals surface area contributed by atoms with E-state index < -0.39 is 35.9 Å². The van der Waals surface area contributed by atoms with Gasteiger partial charge in [0.2, 0.25) is 0 Å². The zero-order valence-electron chi connectivity index (χ0n) is 22.3. The summed E-state index contributed by atoms with van der Waals surface area (Å²) in [6.07, 6.45) is 5.76. The van der Waals surface area contributed by atoms with E-state index in [9.17, 15) is 14.4 Å². The van der Waals surface area contributed by atoms with E-state index in [0.717, 1.165) is 19.3 Å². The van der Waals surface area contributed by atoms with Crippen LogP contribution in [0.1, 0.15) is 65.2 Å². The highest BCUT2D eigenvalue weighted by molar-refractivity contribution is 5.78. The van der Waals surface area contributed by atoms with E-state index in [1.54, 1.807) is 0 Å². The van der Waals surface area contributed by atoms with Crippen LogP contribution in [0.2, 0.25) is 0 Å². The second-order valence-corrected chi connectivity index (χ2v) is 13.9. The van der Waals surface area contributed by atoms with Crippen LogP contribution < -0.4 is 5.32 Å². The molecule has 5 aliphatic carbocycles. The molecule has 1 N–H and O–H groups in total. The van der Waals surface area contributed by atoms with Crippen molar-refractivity contribution in [2.75, 3.05) is 14.1 Å². The molecule has 9 nitrogen and oxygen atoms in total. The number of hydrogen-bond acceptors (Lipinski definition) is 8. The molecule has 9 heteroatoms. The molecule has 0 aromatic rings. The predicted octanol–water partition coefficient (Wildman–Crippen LogP) is 2.65.